The van der Waals surface area contributed by atoms with Crippen molar-refractivity contribution in [2.24, 2.45) is 5.73 Å². The zero-order valence-electron chi connectivity index (χ0n) is 9.27. The Labute approximate surface area is 109 Å². The van der Waals surface area contributed by atoms with Crippen molar-refractivity contribution in [1.29, 1.82) is 0 Å². The highest BCUT2D eigenvalue weighted by molar-refractivity contribution is 6.39. The van der Waals surface area contributed by atoms with Crippen molar-refractivity contribution in [3.8, 4) is 0 Å². The van der Waals surface area contributed by atoms with Crippen LogP contribution in [-0.2, 0) is 4.79 Å². The number of carbonyl (C=O) groups excluding carboxylic acids is 1. The molecule has 0 saturated heterocycles. The summed E-state index contributed by atoms with van der Waals surface area (Å²) in [7, 11) is 0. The number of nitrogens with one attached hydrogen (secondary N) is 1. The second-order valence-electron chi connectivity index (χ2n) is 3.63. The smallest absolute Gasteiger partial charge is 0.241 e. The van der Waals surface area contributed by atoms with Crippen molar-refractivity contribution >= 4 is 34.8 Å². The molecule has 0 heterocycles. The van der Waals surface area contributed by atoms with E-state index in [0.717, 1.165) is 18.6 Å². The van der Waals surface area contributed by atoms with Crippen LogP contribution in [0.1, 0.15) is 19.8 Å². The van der Waals surface area contributed by atoms with Gasteiger partial charge < -0.3 is 11.1 Å². The topological polar surface area (TPSA) is 55.1 Å². The van der Waals surface area contributed by atoms with Crippen molar-refractivity contribution in [2.75, 3.05) is 5.32 Å². The molecule has 0 aliphatic heterocycles. The zero-order valence-corrected chi connectivity index (χ0v) is 10.8. The average molecular weight is 279 g/mol. The molecule has 17 heavy (non-hydrogen) atoms. The maximum atomic E-state index is 12.9. The molecular formula is C11H13Cl2FN2O. The molecule has 0 fully saturated rings. The van der Waals surface area contributed by atoms with Crippen molar-refractivity contribution in [3.05, 3.63) is 28.0 Å². The van der Waals surface area contributed by atoms with Gasteiger partial charge in [-0.2, -0.15) is 0 Å². The SMILES string of the molecule is CCCC(N)C(=O)Nc1c(Cl)cc(F)cc1Cl. The molecule has 1 amide bonds. The van der Waals surface area contributed by atoms with Crippen LogP contribution < -0.4 is 11.1 Å². The molecule has 0 aromatic heterocycles. The van der Waals surface area contributed by atoms with E-state index in [2.05, 4.69) is 5.32 Å². The van der Waals surface area contributed by atoms with Crippen molar-refractivity contribution in [3.63, 3.8) is 0 Å². The lowest BCUT2D eigenvalue weighted by molar-refractivity contribution is -0.117. The van der Waals surface area contributed by atoms with E-state index in [0.29, 0.717) is 6.42 Å². The van der Waals surface area contributed by atoms with Gasteiger partial charge in [-0.15, -0.1) is 0 Å². The maximum Gasteiger partial charge on any atom is 0.241 e. The summed E-state index contributed by atoms with van der Waals surface area (Å²) < 4.78 is 12.9. The highest BCUT2D eigenvalue weighted by Gasteiger charge is 2.16. The number of nitrogens with two attached hydrogens (primary N) is 1. The molecular weight excluding hydrogens is 266 g/mol. The minimum atomic E-state index is -0.628. The average Bonchev–Trinajstić information content (AvgIpc) is 2.23. The summed E-state index contributed by atoms with van der Waals surface area (Å²) in [5.74, 6) is -0.946. The van der Waals surface area contributed by atoms with E-state index in [1.807, 2.05) is 6.92 Å². The summed E-state index contributed by atoms with van der Waals surface area (Å²) in [6, 6.07) is 1.53. The normalized spacial score (nSPS) is 12.3. The molecule has 94 valence electrons. The van der Waals surface area contributed by atoms with E-state index in [1.54, 1.807) is 0 Å². The number of hydrogen-bond donors (Lipinski definition) is 2. The number of anilines is 1. The minimum Gasteiger partial charge on any atom is -0.322 e. The maximum absolute atomic E-state index is 12.9. The molecule has 0 radical (unpaired) electrons. The summed E-state index contributed by atoms with van der Waals surface area (Å²) in [4.78, 5) is 11.6. The van der Waals surface area contributed by atoms with E-state index >= 15 is 0 Å². The molecule has 0 bridgehead atoms. The van der Waals surface area contributed by atoms with Crippen molar-refractivity contribution in [1.82, 2.24) is 0 Å². The predicted octanol–water partition coefficient (Wildman–Crippen LogP) is 3.20. The summed E-state index contributed by atoms with van der Waals surface area (Å²) in [5.41, 5.74) is 5.82. The first-order valence-corrected chi connectivity index (χ1v) is 5.92. The van der Waals surface area contributed by atoms with Crippen LogP contribution in [-0.4, -0.2) is 11.9 Å². The van der Waals surface area contributed by atoms with E-state index < -0.39 is 11.9 Å². The molecule has 0 saturated carbocycles. The molecule has 3 nitrogen and oxygen atoms in total. The van der Waals surface area contributed by atoms with Gasteiger partial charge in [0.2, 0.25) is 5.91 Å². The molecule has 1 aromatic rings. The van der Waals surface area contributed by atoms with Gasteiger partial charge in [0, 0.05) is 0 Å². The summed E-state index contributed by atoms with van der Waals surface area (Å²) in [5, 5.41) is 2.59. The summed E-state index contributed by atoms with van der Waals surface area (Å²) in [6.07, 6.45) is 1.35. The minimum absolute atomic E-state index is 0.0482. The molecule has 0 spiro atoms. The van der Waals surface area contributed by atoms with Crippen LogP contribution in [0.15, 0.2) is 12.1 Å². The standard InChI is InChI=1S/C11H13Cl2FN2O/c1-2-3-9(15)11(17)16-10-7(12)4-6(14)5-8(10)13/h4-5,9H,2-3,15H2,1H3,(H,16,17). The van der Waals surface area contributed by atoms with Gasteiger partial charge >= 0.3 is 0 Å². The number of halogens is 3. The van der Waals surface area contributed by atoms with Gasteiger partial charge in [0.25, 0.3) is 0 Å². The van der Waals surface area contributed by atoms with Gasteiger partial charge in [-0.3, -0.25) is 4.79 Å². The van der Waals surface area contributed by atoms with Crippen LogP contribution in [0.25, 0.3) is 0 Å². The van der Waals surface area contributed by atoms with Gasteiger partial charge in [-0.1, -0.05) is 36.5 Å². The third kappa shape index (κ3) is 3.84. The molecule has 6 heteroatoms. The van der Waals surface area contributed by atoms with E-state index in [-0.39, 0.29) is 21.6 Å². The second kappa shape index (κ2) is 6.19. The van der Waals surface area contributed by atoms with Gasteiger partial charge in [0.05, 0.1) is 21.8 Å². The lowest BCUT2D eigenvalue weighted by atomic mass is 10.1. The molecule has 3 N–H and O–H groups in total. The van der Waals surface area contributed by atoms with Crippen LogP contribution in [0.3, 0.4) is 0 Å². The first-order chi connectivity index (χ1) is 7.95. The van der Waals surface area contributed by atoms with Crippen LogP contribution in [0.4, 0.5) is 10.1 Å². The van der Waals surface area contributed by atoms with Gasteiger partial charge in [0.15, 0.2) is 0 Å². The van der Waals surface area contributed by atoms with Gasteiger partial charge in [-0.05, 0) is 18.6 Å². The summed E-state index contributed by atoms with van der Waals surface area (Å²) >= 11 is 11.6. The van der Waals surface area contributed by atoms with Crippen molar-refractivity contribution < 1.29 is 9.18 Å². The Morgan fingerprint density at radius 2 is 2.00 bits per heavy atom. The lowest BCUT2D eigenvalue weighted by Gasteiger charge is -2.13. The Morgan fingerprint density at radius 3 is 2.47 bits per heavy atom. The zero-order chi connectivity index (χ0) is 13.0. The fraction of sp³-hybridized carbons (Fsp3) is 0.364. The molecule has 1 aromatic carbocycles. The van der Waals surface area contributed by atoms with E-state index in [4.69, 9.17) is 28.9 Å². The Hall–Kier alpha value is -0.840. The molecule has 1 unspecified atom stereocenters. The third-order valence-corrected chi connectivity index (χ3v) is 2.79. The fourth-order valence-electron chi connectivity index (χ4n) is 1.32. The molecule has 0 aliphatic rings. The van der Waals surface area contributed by atoms with Crippen LogP contribution in [0, 0.1) is 5.82 Å². The second-order valence-corrected chi connectivity index (χ2v) is 4.44. The highest BCUT2D eigenvalue weighted by atomic mass is 35.5. The van der Waals surface area contributed by atoms with Gasteiger partial charge in [0.1, 0.15) is 5.82 Å². The Bertz CT molecular complexity index is 403. The number of amides is 1. The molecule has 1 rings (SSSR count). The van der Waals surface area contributed by atoms with Gasteiger partial charge in [-0.25, -0.2) is 4.39 Å². The monoisotopic (exact) mass is 278 g/mol. The first-order valence-electron chi connectivity index (χ1n) is 5.16. The molecule has 1 atom stereocenters. The molecule has 0 aliphatic carbocycles. The van der Waals surface area contributed by atoms with Crippen LogP contribution in [0.5, 0.6) is 0 Å². The Morgan fingerprint density at radius 1 is 1.47 bits per heavy atom. The Balaban J connectivity index is 2.85. The number of carbonyl (C=O) groups is 1. The van der Waals surface area contributed by atoms with Crippen molar-refractivity contribution in [2.45, 2.75) is 25.8 Å². The first kappa shape index (κ1) is 14.2. The van der Waals surface area contributed by atoms with E-state index in [9.17, 15) is 9.18 Å². The Kier molecular flexibility index (Phi) is 5.18. The quantitative estimate of drug-likeness (QED) is 0.889. The third-order valence-electron chi connectivity index (χ3n) is 2.19. The highest BCUT2D eigenvalue weighted by Crippen LogP contribution is 2.31. The number of benzene rings is 1. The van der Waals surface area contributed by atoms with Crippen LogP contribution in [0.2, 0.25) is 10.0 Å². The van der Waals surface area contributed by atoms with E-state index in [1.165, 1.54) is 0 Å². The fourth-order valence-corrected chi connectivity index (χ4v) is 1.87. The lowest BCUT2D eigenvalue weighted by Crippen LogP contribution is -2.35. The largest absolute Gasteiger partial charge is 0.322 e. The number of hydrogen-bond acceptors (Lipinski definition) is 2. The number of rotatable bonds is 4. The summed E-state index contributed by atoms with van der Waals surface area (Å²) in [6.45, 7) is 1.92. The van der Waals surface area contributed by atoms with Crippen LogP contribution >= 0.6 is 23.2 Å². The predicted molar refractivity (Wildman–Crippen MR) is 67.9 cm³/mol.